The van der Waals surface area contributed by atoms with Crippen molar-refractivity contribution < 1.29 is 14.6 Å². The molecule has 1 N–H and O–H groups in total. The van der Waals surface area contributed by atoms with E-state index in [1.807, 2.05) is 20.8 Å². The van der Waals surface area contributed by atoms with Gasteiger partial charge in [-0.2, -0.15) is 0 Å². The maximum Gasteiger partial charge on any atom is 0.311 e. The number of hydrogen-bond acceptors (Lipinski definition) is 3. The molecule has 0 amide bonds. The van der Waals surface area contributed by atoms with Gasteiger partial charge in [0.15, 0.2) is 0 Å². The van der Waals surface area contributed by atoms with Crippen molar-refractivity contribution in [2.75, 3.05) is 6.61 Å². The molecule has 3 heteroatoms. The molecule has 0 aliphatic heterocycles. The fraction of sp³-hybridized carbons (Fsp3) is 0.900. The van der Waals surface area contributed by atoms with E-state index in [2.05, 4.69) is 0 Å². The zero-order chi connectivity index (χ0) is 10.6. The quantitative estimate of drug-likeness (QED) is 0.684. The first-order valence-corrected chi connectivity index (χ1v) is 4.65. The van der Waals surface area contributed by atoms with Gasteiger partial charge in [-0.1, -0.05) is 20.8 Å². The first-order valence-electron chi connectivity index (χ1n) is 4.65. The third kappa shape index (κ3) is 3.77. The molecule has 0 radical (unpaired) electrons. The number of esters is 1. The summed E-state index contributed by atoms with van der Waals surface area (Å²) in [5, 5.41) is 9.75. The Kier molecular flexibility index (Phi) is 4.40. The Morgan fingerprint density at radius 2 is 1.92 bits per heavy atom. The number of hydrogen-bond donors (Lipinski definition) is 1. The second-order valence-corrected chi connectivity index (χ2v) is 4.35. The highest BCUT2D eigenvalue weighted by Crippen LogP contribution is 2.25. The molecule has 0 aliphatic carbocycles. The fourth-order valence-corrected chi connectivity index (χ4v) is 1.15. The molecular weight excluding hydrogens is 168 g/mol. The van der Waals surface area contributed by atoms with Crippen molar-refractivity contribution in [2.24, 2.45) is 11.3 Å². The summed E-state index contributed by atoms with van der Waals surface area (Å²) in [6, 6.07) is 0. The zero-order valence-electron chi connectivity index (χ0n) is 9.13. The van der Waals surface area contributed by atoms with Crippen LogP contribution in [0.3, 0.4) is 0 Å². The first-order chi connectivity index (χ1) is 5.80. The molecular formula is C10H20O3. The van der Waals surface area contributed by atoms with Gasteiger partial charge >= 0.3 is 5.97 Å². The van der Waals surface area contributed by atoms with Gasteiger partial charge in [-0.25, -0.2) is 0 Å². The number of aliphatic hydroxyl groups excluding tert-OH is 1. The van der Waals surface area contributed by atoms with E-state index in [9.17, 15) is 9.90 Å². The molecule has 2 unspecified atom stereocenters. The summed E-state index contributed by atoms with van der Waals surface area (Å²) in [5.41, 5.74) is -0.286. The van der Waals surface area contributed by atoms with Gasteiger partial charge in [0, 0.05) is 0 Å². The van der Waals surface area contributed by atoms with Crippen LogP contribution in [0.2, 0.25) is 0 Å². The van der Waals surface area contributed by atoms with E-state index in [0.29, 0.717) is 6.61 Å². The van der Waals surface area contributed by atoms with Crippen molar-refractivity contribution in [1.82, 2.24) is 0 Å². The summed E-state index contributed by atoms with van der Waals surface area (Å²) >= 11 is 0. The van der Waals surface area contributed by atoms with Crippen molar-refractivity contribution in [2.45, 2.75) is 40.7 Å². The highest BCUT2D eigenvalue weighted by atomic mass is 16.5. The monoisotopic (exact) mass is 188 g/mol. The molecule has 2 atom stereocenters. The average molecular weight is 188 g/mol. The molecule has 0 aromatic carbocycles. The highest BCUT2D eigenvalue weighted by Gasteiger charge is 2.32. The number of carbonyl (C=O) groups is 1. The van der Waals surface area contributed by atoms with Crippen molar-refractivity contribution in [3.05, 3.63) is 0 Å². The molecule has 13 heavy (non-hydrogen) atoms. The number of ether oxygens (including phenoxy) is 1. The summed E-state index contributed by atoms with van der Waals surface area (Å²) in [4.78, 5) is 11.2. The molecule has 0 bridgehead atoms. The summed E-state index contributed by atoms with van der Waals surface area (Å²) in [6.07, 6.45) is -0.661. The van der Waals surface area contributed by atoms with Gasteiger partial charge in [0.2, 0.25) is 0 Å². The van der Waals surface area contributed by atoms with E-state index in [1.165, 1.54) is 0 Å². The number of carbonyl (C=O) groups excluding carboxylic acids is 1. The number of aliphatic hydroxyl groups is 1. The molecule has 0 spiro atoms. The van der Waals surface area contributed by atoms with Crippen LogP contribution in [0.4, 0.5) is 0 Å². The lowest BCUT2D eigenvalue weighted by molar-refractivity contribution is -0.154. The predicted molar refractivity (Wildman–Crippen MR) is 51.3 cm³/mol. The number of rotatable bonds is 3. The Morgan fingerprint density at radius 1 is 1.46 bits per heavy atom. The maximum atomic E-state index is 11.2. The van der Waals surface area contributed by atoms with Crippen LogP contribution in [0.1, 0.15) is 34.6 Å². The van der Waals surface area contributed by atoms with Gasteiger partial charge in [-0.05, 0) is 19.3 Å². The molecule has 0 aromatic heterocycles. The molecule has 0 rings (SSSR count). The van der Waals surface area contributed by atoms with Crippen LogP contribution in [0.25, 0.3) is 0 Å². The molecule has 0 fully saturated rings. The molecule has 0 saturated heterocycles. The first kappa shape index (κ1) is 12.4. The normalized spacial score (nSPS) is 16.5. The van der Waals surface area contributed by atoms with Crippen LogP contribution in [0, 0.1) is 11.3 Å². The summed E-state index contributed by atoms with van der Waals surface area (Å²) in [5.74, 6) is -0.787. The Morgan fingerprint density at radius 3 is 2.23 bits per heavy atom. The van der Waals surface area contributed by atoms with Crippen LogP contribution >= 0.6 is 0 Å². The van der Waals surface area contributed by atoms with Crippen LogP contribution in [-0.2, 0) is 9.53 Å². The van der Waals surface area contributed by atoms with Crippen molar-refractivity contribution in [3.8, 4) is 0 Å². The Bertz CT molecular complexity index is 169. The minimum Gasteiger partial charge on any atom is -0.466 e. The van der Waals surface area contributed by atoms with Gasteiger partial charge in [0.05, 0.1) is 18.6 Å². The Labute approximate surface area is 80.1 Å². The summed E-state index contributed by atoms with van der Waals surface area (Å²) in [6.45, 7) is 9.50. The molecule has 0 aromatic rings. The van der Waals surface area contributed by atoms with Gasteiger partial charge in [0.25, 0.3) is 0 Å². The van der Waals surface area contributed by atoms with Gasteiger partial charge in [-0.15, -0.1) is 0 Å². The largest absolute Gasteiger partial charge is 0.466 e. The lowest BCUT2D eigenvalue weighted by Crippen LogP contribution is -2.37. The Hall–Kier alpha value is -0.570. The molecule has 0 heterocycles. The van der Waals surface area contributed by atoms with Crippen molar-refractivity contribution in [1.29, 1.82) is 0 Å². The molecule has 3 nitrogen and oxygen atoms in total. The van der Waals surface area contributed by atoms with E-state index in [-0.39, 0.29) is 11.4 Å². The SMILES string of the molecule is CCOC(=O)C(C)C(O)C(C)(C)C. The molecule has 0 aliphatic rings. The standard InChI is InChI=1S/C10H20O3/c1-6-13-9(12)7(2)8(11)10(3,4)5/h7-8,11H,6H2,1-5H3. The fourth-order valence-electron chi connectivity index (χ4n) is 1.15. The second kappa shape index (κ2) is 4.61. The summed E-state index contributed by atoms with van der Waals surface area (Å²) < 4.78 is 4.82. The summed E-state index contributed by atoms with van der Waals surface area (Å²) in [7, 11) is 0. The van der Waals surface area contributed by atoms with Crippen molar-refractivity contribution in [3.63, 3.8) is 0 Å². The zero-order valence-corrected chi connectivity index (χ0v) is 9.13. The van der Waals surface area contributed by atoms with E-state index >= 15 is 0 Å². The maximum absolute atomic E-state index is 11.2. The second-order valence-electron chi connectivity index (χ2n) is 4.35. The average Bonchev–Trinajstić information content (AvgIpc) is 2.00. The van der Waals surface area contributed by atoms with Gasteiger partial charge in [-0.3, -0.25) is 4.79 Å². The van der Waals surface area contributed by atoms with E-state index < -0.39 is 12.0 Å². The van der Waals surface area contributed by atoms with E-state index in [0.717, 1.165) is 0 Å². The van der Waals surface area contributed by atoms with E-state index in [1.54, 1.807) is 13.8 Å². The van der Waals surface area contributed by atoms with Crippen LogP contribution < -0.4 is 0 Å². The molecule has 0 saturated carbocycles. The lowest BCUT2D eigenvalue weighted by Gasteiger charge is -2.29. The minimum atomic E-state index is -0.661. The topological polar surface area (TPSA) is 46.5 Å². The third-order valence-corrected chi connectivity index (χ3v) is 2.02. The minimum absolute atomic E-state index is 0.286. The van der Waals surface area contributed by atoms with Crippen molar-refractivity contribution >= 4 is 5.97 Å². The predicted octanol–water partition coefficient (Wildman–Crippen LogP) is 1.59. The van der Waals surface area contributed by atoms with Gasteiger partial charge < -0.3 is 9.84 Å². The highest BCUT2D eigenvalue weighted by molar-refractivity contribution is 5.72. The van der Waals surface area contributed by atoms with Crippen LogP contribution in [0.5, 0.6) is 0 Å². The van der Waals surface area contributed by atoms with Crippen LogP contribution in [-0.4, -0.2) is 23.8 Å². The molecule has 78 valence electrons. The van der Waals surface area contributed by atoms with Crippen LogP contribution in [0.15, 0.2) is 0 Å². The smallest absolute Gasteiger partial charge is 0.311 e. The third-order valence-electron chi connectivity index (χ3n) is 2.02. The lowest BCUT2D eigenvalue weighted by atomic mass is 9.82. The Balaban J connectivity index is 4.25. The van der Waals surface area contributed by atoms with Gasteiger partial charge in [0.1, 0.15) is 0 Å². The van der Waals surface area contributed by atoms with E-state index in [4.69, 9.17) is 4.74 Å².